The molecule has 0 aromatic heterocycles. The van der Waals surface area contributed by atoms with Crippen LogP contribution in [-0.2, 0) is 11.3 Å². The number of hydrogen-bond donors (Lipinski definition) is 1. The van der Waals surface area contributed by atoms with Crippen LogP contribution in [0.25, 0.3) is 0 Å². The third-order valence-corrected chi connectivity index (χ3v) is 2.87. The van der Waals surface area contributed by atoms with Gasteiger partial charge in [0.15, 0.2) is 5.75 Å². The maximum Gasteiger partial charge on any atom is 0.310 e. The summed E-state index contributed by atoms with van der Waals surface area (Å²) in [4.78, 5) is 10.6. The lowest BCUT2D eigenvalue weighted by atomic mass is 10.2. The molecule has 0 saturated heterocycles. The summed E-state index contributed by atoms with van der Waals surface area (Å²) in [5.41, 5.74) is 0.986. The molecule has 6 nitrogen and oxygen atoms in total. The van der Waals surface area contributed by atoms with Crippen molar-refractivity contribution in [1.82, 2.24) is 5.32 Å². The molecule has 0 saturated carbocycles. The van der Waals surface area contributed by atoms with E-state index in [0.717, 1.165) is 18.5 Å². The van der Waals surface area contributed by atoms with Crippen molar-refractivity contribution in [1.29, 1.82) is 0 Å². The van der Waals surface area contributed by atoms with Crippen molar-refractivity contribution >= 4 is 5.69 Å². The summed E-state index contributed by atoms with van der Waals surface area (Å²) in [5.74, 6) is 0.326. The average Bonchev–Trinajstić information content (AvgIpc) is 2.47. The highest BCUT2D eigenvalue weighted by molar-refractivity contribution is 5.48. The highest BCUT2D eigenvalue weighted by Gasteiger charge is 2.15. The minimum Gasteiger partial charge on any atom is -0.487 e. The van der Waals surface area contributed by atoms with Crippen LogP contribution >= 0.6 is 0 Å². The minimum absolute atomic E-state index is 0.00523. The molecule has 0 bridgehead atoms. The predicted molar refractivity (Wildman–Crippen MR) is 81.7 cm³/mol. The Morgan fingerprint density at radius 1 is 1.29 bits per heavy atom. The number of nitro benzene ring substituents is 1. The number of hydrogen-bond acceptors (Lipinski definition) is 5. The van der Waals surface area contributed by atoms with Gasteiger partial charge in [0.05, 0.1) is 11.5 Å². The zero-order valence-corrected chi connectivity index (χ0v) is 12.8. The second-order valence-corrected chi connectivity index (χ2v) is 4.63. The molecule has 118 valence electrons. The van der Waals surface area contributed by atoms with Gasteiger partial charge < -0.3 is 14.8 Å². The van der Waals surface area contributed by atoms with Crippen LogP contribution in [0.4, 0.5) is 5.69 Å². The molecule has 6 heteroatoms. The van der Waals surface area contributed by atoms with E-state index in [1.807, 2.05) is 6.92 Å². The Bertz CT molecular complexity index is 438. The van der Waals surface area contributed by atoms with Crippen LogP contribution < -0.4 is 10.1 Å². The van der Waals surface area contributed by atoms with Gasteiger partial charge in [0.2, 0.25) is 0 Å². The fraction of sp³-hybridized carbons (Fsp3) is 0.600. The Morgan fingerprint density at radius 3 is 2.76 bits per heavy atom. The number of nitrogens with zero attached hydrogens (tertiary/aromatic N) is 1. The molecule has 0 aliphatic carbocycles. The second kappa shape index (κ2) is 10.1. The van der Waals surface area contributed by atoms with E-state index in [2.05, 4.69) is 12.2 Å². The van der Waals surface area contributed by atoms with Gasteiger partial charge in [-0.25, -0.2) is 0 Å². The molecule has 0 amide bonds. The molecule has 0 aliphatic rings. The Morgan fingerprint density at radius 2 is 2.10 bits per heavy atom. The van der Waals surface area contributed by atoms with Crippen LogP contribution in [0.3, 0.4) is 0 Å². The summed E-state index contributed by atoms with van der Waals surface area (Å²) in [6.45, 7) is 7.30. The molecule has 0 radical (unpaired) electrons. The molecule has 1 rings (SSSR count). The lowest BCUT2D eigenvalue weighted by Crippen LogP contribution is -2.14. The number of nitro groups is 1. The molecule has 1 aromatic carbocycles. The molecule has 1 N–H and O–H groups in total. The first-order chi connectivity index (χ1) is 10.2. The molecular formula is C15H24N2O4. The quantitative estimate of drug-likeness (QED) is 0.386. The van der Waals surface area contributed by atoms with Gasteiger partial charge in [-0.2, -0.15) is 0 Å². The molecule has 21 heavy (non-hydrogen) atoms. The predicted octanol–water partition coefficient (Wildman–Crippen LogP) is 2.90. The SMILES string of the molecule is CCCNCc1ccc([N+](=O)[O-])c(OCCCOCC)c1. The summed E-state index contributed by atoms with van der Waals surface area (Å²) in [7, 11) is 0. The van der Waals surface area contributed by atoms with E-state index in [1.54, 1.807) is 12.1 Å². The van der Waals surface area contributed by atoms with Gasteiger partial charge >= 0.3 is 5.69 Å². The topological polar surface area (TPSA) is 73.6 Å². The molecule has 0 heterocycles. The van der Waals surface area contributed by atoms with Crippen molar-refractivity contribution < 1.29 is 14.4 Å². The first kappa shape index (κ1) is 17.4. The second-order valence-electron chi connectivity index (χ2n) is 4.63. The van der Waals surface area contributed by atoms with Gasteiger partial charge in [-0.1, -0.05) is 13.0 Å². The van der Waals surface area contributed by atoms with Crippen molar-refractivity contribution in [3.8, 4) is 5.75 Å². The zero-order valence-electron chi connectivity index (χ0n) is 12.8. The van der Waals surface area contributed by atoms with Gasteiger partial charge in [-0.15, -0.1) is 0 Å². The molecule has 0 fully saturated rings. The largest absolute Gasteiger partial charge is 0.487 e. The first-order valence-electron chi connectivity index (χ1n) is 7.37. The van der Waals surface area contributed by atoms with Crippen LogP contribution in [0.15, 0.2) is 18.2 Å². The Labute approximate surface area is 125 Å². The molecule has 0 atom stereocenters. The van der Waals surface area contributed by atoms with Crippen molar-refractivity contribution in [3.63, 3.8) is 0 Å². The monoisotopic (exact) mass is 296 g/mol. The van der Waals surface area contributed by atoms with E-state index < -0.39 is 4.92 Å². The van der Waals surface area contributed by atoms with Gasteiger partial charge in [0.1, 0.15) is 0 Å². The van der Waals surface area contributed by atoms with Crippen LogP contribution in [0.5, 0.6) is 5.75 Å². The third kappa shape index (κ3) is 6.55. The van der Waals surface area contributed by atoms with Crippen molar-refractivity contribution in [2.24, 2.45) is 0 Å². The van der Waals surface area contributed by atoms with Crippen molar-refractivity contribution in [2.45, 2.75) is 33.2 Å². The van der Waals surface area contributed by atoms with Gasteiger partial charge in [-0.05, 0) is 31.5 Å². The van der Waals surface area contributed by atoms with E-state index in [9.17, 15) is 10.1 Å². The third-order valence-electron chi connectivity index (χ3n) is 2.87. The average molecular weight is 296 g/mol. The summed E-state index contributed by atoms with van der Waals surface area (Å²) in [5, 5.41) is 14.3. The van der Waals surface area contributed by atoms with Gasteiger partial charge in [-0.3, -0.25) is 10.1 Å². The Hall–Kier alpha value is -1.66. The fourth-order valence-corrected chi connectivity index (χ4v) is 1.83. The summed E-state index contributed by atoms with van der Waals surface area (Å²) < 4.78 is 10.8. The van der Waals surface area contributed by atoms with Crippen molar-refractivity contribution in [2.75, 3.05) is 26.4 Å². The Kier molecular flexibility index (Phi) is 8.38. The normalized spacial score (nSPS) is 10.6. The van der Waals surface area contributed by atoms with Gasteiger partial charge in [0, 0.05) is 32.2 Å². The smallest absolute Gasteiger partial charge is 0.310 e. The summed E-state index contributed by atoms with van der Waals surface area (Å²) >= 11 is 0. The number of rotatable bonds is 11. The maximum absolute atomic E-state index is 11.0. The van der Waals surface area contributed by atoms with Crippen LogP contribution in [-0.4, -0.2) is 31.3 Å². The van der Waals surface area contributed by atoms with E-state index in [-0.39, 0.29) is 5.69 Å². The summed E-state index contributed by atoms with van der Waals surface area (Å²) in [6.07, 6.45) is 1.76. The lowest BCUT2D eigenvalue weighted by Gasteiger charge is -2.09. The number of benzene rings is 1. The maximum atomic E-state index is 11.0. The molecule has 0 unspecified atom stereocenters. The number of nitrogens with one attached hydrogen (secondary N) is 1. The summed E-state index contributed by atoms with van der Waals surface area (Å²) in [6, 6.07) is 5.00. The van der Waals surface area contributed by atoms with E-state index >= 15 is 0 Å². The van der Waals surface area contributed by atoms with Gasteiger partial charge in [0.25, 0.3) is 0 Å². The molecule has 0 aliphatic heterocycles. The van der Waals surface area contributed by atoms with Crippen LogP contribution in [0, 0.1) is 10.1 Å². The van der Waals surface area contributed by atoms with Crippen LogP contribution in [0.2, 0.25) is 0 Å². The van der Waals surface area contributed by atoms with E-state index in [0.29, 0.717) is 38.5 Å². The fourth-order valence-electron chi connectivity index (χ4n) is 1.83. The van der Waals surface area contributed by atoms with Crippen LogP contribution in [0.1, 0.15) is 32.3 Å². The highest BCUT2D eigenvalue weighted by Crippen LogP contribution is 2.28. The van der Waals surface area contributed by atoms with E-state index in [1.165, 1.54) is 6.07 Å². The Balaban J connectivity index is 2.62. The lowest BCUT2D eigenvalue weighted by molar-refractivity contribution is -0.385. The molecule has 0 spiro atoms. The molecular weight excluding hydrogens is 272 g/mol. The first-order valence-corrected chi connectivity index (χ1v) is 7.37. The zero-order chi connectivity index (χ0) is 15.5. The van der Waals surface area contributed by atoms with E-state index in [4.69, 9.17) is 9.47 Å². The number of ether oxygens (including phenoxy) is 2. The standard InChI is InChI=1S/C15H24N2O4/c1-3-8-16-12-13-6-7-14(17(18)19)15(11-13)21-10-5-9-20-4-2/h6-7,11,16H,3-5,8-10,12H2,1-2H3. The minimum atomic E-state index is -0.416. The highest BCUT2D eigenvalue weighted by atomic mass is 16.6. The molecule has 1 aromatic rings. The van der Waals surface area contributed by atoms with Crippen molar-refractivity contribution in [3.05, 3.63) is 33.9 Å².